The molecule has 0 saturated heterocycles. The van der Waals surface area contributed by atoms with Crippen molar-refractivity contribution in [3.8, 4) is 45.1 Å². The Balaban J connectivity index is 1.20. The molecule has 266 valence electrons. The summed E-state index contributed by atoms with van der Waals surface area (Å²) in [6, 6.07) is 8.97. The van der Waals surface area contributed by atoms with Gasteiger partial charge in [-0.1, -0.05) is 127 Å². The molecule has 0 fully saturated rings. The Morgan fingerprint density at radius 1 is 0.439 bits per heavy atom. The van der Waals surface area contributed by atoms with Crippen LogP contribution >= 0.6 is 0 Å². The van der Waals surface area contributed by atoms with Crippen molar-refractivity contribution in [2.45, 2.75) is 0 Å². The van der Waals surface area contributed by atoms with Crippen LogP contribution in [0.1, 0.15) is 26.0 Å². The maximum absolute atomic E-state index is 10.1. The predicted octanol–water partition coefficient (Wildman–Crippen LogP) is 13.6. The molecule has 0 atom stereocenters. The number of rotatable bonds is 5. The fraction of sp³-hybridized carbons (Fsp3) is 0. The first-order chi connectivity index (χ1) is 36.2. The highest BCUT2D eigenvalue weighted by Gasteiger charge is 2.20. The Labute approximate surface area is 354 Å². The molecule has 0 N–H and O–H groups in total. The summed E-state index contributed by atoms with van der Waals surface area (Å²) in [5.41, 5.74) is -0.0205. The van der Waals surface area contributed by atoms with E-state index >= 15 is 0 Å². The van der Waals surface area contributed by atoms with Crippen LogP contribution in [0.5, 0.6) is 0 Å². The predicted molar refractivity (Wildman–Crippen MR) is 234 cm³/mol. The van der Waals surface area contributed by atoms with Crippen LogP contribution in [0.2, 0.25) is 0 Å². The zero-order valence-corrected chi connectivity index (χ0v) is 29.2. The lowest BCUT2D eigenvalue weighted by molar-refractivity contribution is 0.667. The minimum atomic E-state index is -0.868. The normalized spacial score (nSPS) is 16.5. The van der Waals surface area contributed by atoms with Crippen LogP contribution < -0.4 is 0 Å². The summed E-state index contributed by atoms with van der Waals surface area (Å²) in [5.74, 6) is 0.221. The fourth-order valence-corrected chi connectivity index (χ4v) is 7.41. The van der Waals surface area contributed by atoms with E-state index in [1.807, 2.05) is 54.6 Å². The van der Waals surface area contributed by atoms with E-state index in [9.17, 15) is 11.0 Å². The molecule has 5 nitrogen and oxygen atoms in total. The molecule has 0 aliphatic carbocycles. The van der Waals surface area contributed by atoms with Gasteiger partial charge in [0, 0.05) is 49.4 Å². The number of hydrogen-bond donors (Lipinski definition) is 0. The summed E-state index contributed by atoms with van der Waals surface area (Å²) in [4.78, 5) is 9.97. The van der Waals surface area contributed by atoms with Crippen LogP contribution in [0.4, 0.5) is 0 Å². The van der Waals surface area contributed by atoms with Crippen molar-refractivity contribution in [3.63, 3.8) is 0 Å². The molecule has 0 aliphatic heterocycles. The molecule has 0 spiro atoms. The van der Waals surface area contributed by atoms with Crippen LogP contribution in [0.25, 0.3) is 111 Å². The number of nitrogens with zero attached hydrogens (tertiary/aromatic N) is 4. The Morgan fingerprint density at radius 2 is 1.09 bits per heavy atom. The lowest BCUT2D eigenvalue weighted by atomic mass is 10.0. The first-order valence-corrected chi connectivity index (χ1v) is 17.7. The largest absolute Gasteiger partial charge is 0.452 e. The summed E-state index contributed by atoms with van der Waals surface area (Å²) in [6.07, 6.45) is 0. The average Bonchev–Trinajstić information content (AvgIpc) is 4.20. The van der Waals surface area contributed by atoms with Gasteiger partial charge in [0.2, 0.25) is 0 Å². The van der Waals surface area contributed by atoms with Gasteiger partial charge in [-0.3, -0.25) is 0 Å². The Hall–Kier alpha value is -7.76. The minimum absolute atomic E-state index is 0.174. The lowest BCUT2D eigenvalue weighted by Crippen LogP contribution is -1.97. The molecule has 0 bridgehead atoms. The van der Waals surface area contributed by atoms with E-state index in [-0.39, 0.29) is 33.3 Å². The van der Waals surface area contributed by atoms with E-state index in [2.05, 4.69) is 0 Å². The van der Waals surface area contributed by atoms with Crippen molar-refractivity contribution in [2.75, 3.05) is 0 Å². The van der Waals surface area contributed by atoms with E-state index in [4.69, 9.17) is 29.5 Å². The van der Waals surface area contributed by atoms with E-state index in [0.29, 0.717) is 33.3 Å². The van der Waals surface area contributed by atoms with Gasteiger partial charge in [-0.05, 0) is 77.7 Å². The third kappa shape index (κ3) is 4.89. The maximum atomic E-state index is 10.1. The van der Waals surface area contributed by atoms with Crippen molar-refractivity contribution in [3.05, 3.63) is 194 Å². The van der Waals surface area contributed by atoms with Crippen LogP contribution in [0.3, 0.4) is 0 Å². The van der Waals surface area contributed by atoms with Crippen LogP contribution in [-0.2, 0) is 0 Å². The lowest BCUT2D eigenvalue weighted by Gasteiger charge is -2.12. The number of hydrogen-bond acceptors (Lipinski definition) is 3. The van der Waals surface area contributed by atoms with Gasteiger partial charge >= 0.3 is 0 Å². The minimum Gasteiger partial charge on any atom is -0.452 e. The molecule has 12 aromatic rings. The molecule has 57 heavy (non-hydrogen) atoms. The smallest absolute Gasteiger partial charge is 0.180 e. The zero-order chi connectivity index (χ0) is 54.0. The molecule has 4 aromatic heterocycles. The number of furan rings is 1. The molecule has 0 radical (unpaired) electrons. The number of benzene rings is 8. The van der Waals surface area contributed by atoms with Crippen LogP contribution in [-0.4, -0.2) is 19.1 Å². The summed E-state index contributed by atoms with van der Waals surface area (Å²) in [6.45, 7) is 0. The van der Waals surface area contributed by atoms with Gasteiger partial charge in [0.05, 0.1) is 48.1 Å². The van der Waals surface area contributed by atoms with E-state index in [1.165, 1.54) is 4.57 Å². The first-order valence-electron chi connectivity index (χ1n) is 27.2. The highest BCUT2D eigenvalue weighted by molar-refractivity contribution is 6.13. The fourth-order valence-electron chi connectivity index (χ4n) is 7.41. The molecule has 0 unspecified atom stereocenters. The highest BCUT2D eigenvalue weighted by atomic mass is 16.3. The maximum Gasteiger partial charge on any atom is 0.180 e. The van der Waals surface area contributed by atoms with Gasteiger partial charge in [0.15, 0.2) is 11.4 Å². The molecule has 4 heterocycles. The average molecular weight is 748 g/mol. The second-order valence-electron chi connectivity index (χ2n) is 13.1. The summed E-state index contributed by atoms with van der Waals surface area (Å²) < 4.78 is 181. The molecule has 5 heteroatoms. The van der Waals surface area contributed by atoms with Crippen molar-refractivity contribution >= 4 is 65.7 Å². The number of fused-ring (bicyclic) bond motifs is 9. The summed E-state index contributed by atoms with van der Waals surface area (Å²) in [5, 5.41) is -0.654. The molecule has 0 aliphatic rings. The van der Waals surface area contributed by atoms with Crippen LogP contribution in [0, 0.1) is 0 Å². The molecule has 0 amide bonds. The van der Waals surface area contributed by atoms with Gasteiger partial charge in [0.25, 0.3) is 0 Å². The summed E-state index contributed by atoms with van der Waals surface area (Å²) in [7, 11) is 0. The molecule has 0 saturated carbocycles. The van der Waals surface area contributed by atoms with Crippen LogP contribution in [0.15, 0.2) is 198 Å². The van der Waals surface area contributed by atoms with Crippen molar-refractivity contribution in [1.29, 1.82) is 0 Å². The van der Waals surface area contributed by atoms with Gasteiger partial charge in [-0.25, -0.2) is 9.97 Å². The van der Waals surface area contributed by atoms with Gasteiger partial charge in [-0.2, -0.15) is 0 Å². The topological polar surface area (TPSA) is 48.8 Å². The van der Waals surface area contributed by atoms with Gasteiger partial charge < -0.3 is 13.6 Å². The van der Waals surface area contributed by atoms with Gasteiger partial charge in [-0.15, -0.1) is 0 Å². The molecular weight excluding hydrogens is 697 g/mol. The van der Waals surface area contributed by atoms with Crippen molar-refractivity contribution in [1.82, 2.24) is 19.1 Å². The van der Waals surface area contributed by atoms with E-state index < -0.39 is 153 Å². The Bertz CT molecular complexity index is 4620. The quantitative estimate of drug-likeness (QED) is 0.176. The molecule has 12 rings (SSSR count). The Kier molecular flexibility index (Phi) is 3.96. The number of aromatic nitrogens is 4. The standard InChI is InChI=1S/C52H32N4O/c1-3-14-33(15-4-1)49-51-50(42-22-9-12-25-48(42)57-51)54-52(53-49)36-16-13-19-38(30-36)56-44-23-10-7-20-39(44)41-28-26-35(32-47(41)56)34-27-29-46-43(31-34)40-21-8-11-24-45(40)55(46)37-17-5-2-6-18-37/h1-32H/i2D,5D,6D,7D,8D,10D,11D,17D,18D,20D,21D,23D,24D,26D,27D,28D,29D,31D,32D. The Morgan fingerprint density at radius 3 is 1.93 bits per heavy atom. The zero-order valence-electron chi connectivity index (χ0n) is 48.2. The summed E-state index contributed by atoms with van der Waals surface area (Å²) >= 11 is 0. The number of para-hydroxylation sites is 4. The third-order valence-electron chi connectivity index (χ3n) is 9.91. The molecular formula is C52H32N4O. The molecule has 8 aromatic carbocycles. The third-order valence-corrected chi connectivity index (χ3v) is 9.91. The van der Waals surface area contributed by atoms with Crippen molar-refractivity contribution < 1.29 is 30.5 Å². The monoisotopic (exact) mass is 747 g/mol. The van der Waals surface area contributed by atoms with Crippen molar-refractivity contribution in [2.24, 2.45) is 0 Å². The second-order valence-corrected chi connectivity index (χ2v) is 13.1. The van der Waals surface area contributed by atoms with E-state index in [0.717, 1.165) is 10.1 Å². The van der Waals surface area contributed by atoms with E-state index in [1.54, 1.807) is 24.3 Å². The first kappa shape index (κ1) is 18.2. The highest BCUT2D eigenvalue weighted by Crippen LogP contribution is 2.40. The second kappa shape index (κ2) is 12.4. The van der Waals surface area contributed by atoms with Gasteiger partial charge in [0.1, 0.15) is 16.8 Å². The SMILES string of the molecule is [2H]c1c([2H])c([2H])c(-n2c3c([2H])c([2H])c([2H])c([2H])c3c3c([2H])c(-c4c([2H])c([2H])c5c6c([2H])c([2H])c([2H])c([2H])c6n(-c6cccc(-c7nc(-c8ccccc8)c8oc9ccccc9c8n7)c6)c5c4[2H])c([2H])c([2H])c32)c([2H])c1[2H].